The van der Waals surface area contributed by atoms with Gasteiger partial charge in [-0.1, -0.05) is 31.2 Å². The first-order chi connectivity index (χ1) is 17.8. The number of amides is 2. The second-order valence-corrected chi connectivity index (χ2v) is 9.02. The van der Waals surface area contributed by atoms with Crippen LogP contribution in [-0.4, -0.2) is 44.0 Å². The van der Waals surface area contributed by atoms with E-state index in [1.807, 2.05) is 36.4 Å². The first-order valence-electron chi connectivity index (χ1n) is 11.9. The molecule has 0 aliphatic carbocycles. The maximum Gasteiger partial charge on any atom is 0.272 e. The van der Waals surface area contributed by atoms with Crippen LogP contribution in [0.15, 0.2) is 65.7 Å². The monoisotopic (exact) mass is 505 g/mol. The molecule has 2 heterocycles. The van der Waals surface area contributed by atoms with Gasteiger partial charge in [-0.25, -0.2) is 13.8 Å². The van der Waals surface area contributed by atoms with Crippen LogP contribution in [0.2, 0.25) is 0 Å². The minimum absolute atomic E-state index is 0.165. The van der Waals surface area contributed by atoms with Gasteiger partial charge in [0.2, 0.25) is 12.1 Å². The molecule has 0 spiro atoms. The Kier molecular flexibility index (Phi) is 6.60. The fraction of sp³-hybridized carbons (Fsp3) is 0.250. The highest BCUT2D eigenvalue weighted by Crippen LogP contribution is 2.34. The number of likely N-dealkylation sites (N-methyl/N-ethyl adjacent to an activating group) is 1. The number of hydrogen-bond acceptors (Lipinski definition) is 5. The number of anilines is 1. The Labute approximate surface area is 212 Å². The number of aliphatic imine (C=N–C) groups is 1. The van der Waals surface area contributed by atoms with Crippen molar-refractivity contribution in [2.24, 2.45) is 10.9 Å². The maximum absolute atomic E-state index is 13.6. The molecular formula is C28H25F2N3O4. The zero-order valence-electron chi connectivity index (χ0n) is 20.3. The third kappa shape index (κ3) is 4.89. The molecule has 0 saturated carbocycles. The van der Waals surface area contributed by atoms with Crippen molar-refractivity contribution in [1.29, 1.82) is 0 Å². The van der Waals surface area contributed by atoms with Crippen LogP contribution in [0, 0.1) is 17.6 Å². The fourth-order valence-corrected chi connectivity index (χ4v) is 4.43. The van der Waals surface area contributed by atoms with Crippen LogP contribution >= 0.6 is 0 Å². The van der Waals surface area contributed by atoms with Gasteiger partial charge in [0.1, 0.15) is 13.2 Å². The van der Waals surface area contributed by atoms with E-state index in [1.54, 1.807) is 20.0 Å². The second-order valence-electron chi connectivity index (χ2n) is 9.02. The predicted octanol–water partition coefficient (Wildman–Crippen LogP) is 3.87. The Morgan fingerprint density at radius 1 is 1.05 bits per heavy atom. The summed E-state index contributed by atoms with van der Waals surface area (Å²) in [4.78, 5) is 32.6. The lowest BCUT2D eigenvalue weighted by molar-refractivity contribution is -0.129. The lowest BCUT2D eigenvalue weighted by Gasteiger charge is -2.22. The van der Waals surface area contributed by atoms with E-state index < -0.39 is 35.5 Å². The van der Waals surface area contributed by atoms with Crippen molar-refractivity contribution in [1.82, 2.24) is 5.32 Å². The third-order valence-electron chi connectivity index (χ3n) is 6.41. The Balaban J connectivity index is 1.47. The van der Waals surface area contributed by atoms with Crippen LogP contribution in [0.25, 0.3) is 0 Å². The molecule has 9 heteroatoms. The highest BCUT2D eigenvalue weighted by Gasteiger charge is 2.32. The quantitative estimate of drug-likeness (QED) is 0.571. The zero-order chi connectivity index (χ0) is 26.1. The molecule has 3 aromatic carbocycles. The summed E-state index contributed by atoms with van der Waals surface area (Å²) in [7, 11) is 1.63. The lowest BCUT2D eigenvalue weighted by atomic mass is 9.99. The minimum Gasteiger partial charge on any atom is -0.486 e. The van der Waals surface area contributed by atoms with Gasteiger partial charge < -0.3 is 19.7 Å². The number of para-hydroxylation sites is 1. The van der Waals surface area contributed by atoms with Crippen LogP contribution in [0.1, 0.15) is 23.6 Å². The molecule has 2 atom stereocenters. The smallest absolute Gasteiger partial charge is 0.272 e. The summed E-state index contributed by atoms with van der Waals surface area (Å²) in [6, 6.07) is 16.3. The van der Waals surface area contributed by atoms with E-state index in [0.29, 0.717) is 47.2 Å². The summed E-state index contributed by atoms with van der Waals surface area (Å²) in [6.45, 7) is 2.54. The van der Waals surface area contributed by atoms with E-state index in [2.05, 4.69) is 5.32 Å². The minimum atomic E-state index is -1.19. The number of carbonyl (C=O) groups excluding carboxylic acids is 2. The molecule has 5 rings (SSSR count). The van der Waals surface area contributed by atoms with Gasteiger partial charge in [0.15, 0.2) is 23.1 Å². The van der Waals surface area contributed by atoms with Gasteiger partial charge in [-0.05, 0) is 48.4 Å². The number of benzene rings is 3. The van der Waals surface area contributed by atoms with Gasteiger partial charge in [0, 0.05) is 24.1 Å². The molecule has 37 heavy (non-hydrogen) atoms. The van der Waals surface area contributed by atoms with E-state index in [0.717, 1.165) is 17.7 Å². The second kappa shape index (κ2) is 10.0. The summed E-state index contributed by atoms with van der Waals surface area (Å²) in [5.41, 5.74) is 3.06. The highest BCUT2D eigenvalue weighted by molar-refractivity contribution is 6.20. The van der Waals surface area contributed by atoms with Gasteiger partial charge >= 0.3 is 0 Å². The van der Waals surface area contributed by atoms with E-state index in [4.69, 9.17) is 14.5 Å². The number of halogens is 2. The maximum atomic E-state index is 13.6. The Hall–Kier alpha value is -4.27. The van der Waals surface area contributed by atoms with E-state index in [1.165, 1.54) is 11.0 Å². The molecule has 190 valence electrons. The van der Waals surface area contributed by atoms with Crippen LogP contribution in [0.4, 0.5) is 14.5 Å². The Morgan fingerprint density at radius 3 is 2.59 bits per heavy atom. The first-order valence-corrected chi connectivity index (χ1v) is 11.9. The third-order valence-corrected chi connectivity index (χ3v) is 6.41. The molecule has 1 N–H and O–H groups in total. The average Bonchev–Trinajstić information content (AvgIpc) is 3.01. The van der Waals surface area contributed by atoms with Gasteiger partial charge in [0.05, 0.1) is 11.4 Å². The number of ether oxygens (including phenoxy) is 2. The number of nitrogens with one attached hydrogen (secondary N) is 1. The SMILES string of the molecule is C[C@@H](Cc1ccc(F)c(F)c1)C(=O)NC1N=C(c2ccc3c(c2)OCCO3)c2ccccc2N(C)C1=O. The predicted molar refractivity (Wildman–Crippen MR) is 134 cm³/mol. The summed E-state index contributed by atoms with van der Waals surface area (Å²) < 4.78 is 38.3. The average molecular weight is 506 g/mol. The van der Waals surface area contributed by atoms with Crippen LogP contribution in [-0.2, 0) is 16.0 Å². The standard InChI is InChI=1S/C28H25F2N3O4/c1-16(13-17-7-9-20(29)21(30)14-17)27(34)32-26-28(35)33(2)22-6-4-3-5-19(22)25(31-26)18-8-10-23-24(15-18)37-12-11-36-23/h3-10,14-16,26H,11-13H2,1-2H3,(H,32,34)/t16-,26?/m0/s1. The Bertz CT molecular complexity index is 1410. The van der Waals surface area contributed by atoms with Crippen molar-refractivity contribution in [2.75, 3.05) is 25.2 Å². The summed E-state index contributed by atoms with van der Waals surface area (Å²) in [5.74, 6) is -2.19. The Morgan fingerprint density at radius 2 is 1.81 bits per heavy atom. The van der Waals surface area contributed by atoms with Crippen molar-refractivity contribution in [3.8, 4) is 11.5 Å². The molecule has 2 amide bonds. The molecule has 0 saturated heterocycles. The van der Waals surface area contributed by atoms with Crippen molar-refractivity contribution >= 4 is 23.2 Å². The molecule has 0 radical (unpaired) electrons. The van der Waals surface area contributed by atoms with Crippen molar-refractivity contribution < 1.29 is 27.8 Å². The number of hydrogen-bond donors (Lipinski definition) is 1. The molecular weight excluding hydrogens is 480 g/mol. The number of carbonyl (C=O) groups is 2. The molecule has 2 aliphatic rings. The molecule has 0 bridgehead atoms. The van der Waals surface area contributed by atoms with Gasteiger partial charge in [-0.3, -0.25) is 9.59 Å². The topological polar surface area (TPSA) is 80.2 Å². The number of nitrogens with zero attached hydrogens (tertiary/aromatic N) is 2. The van der Waals surface area contributed by atoms with E-state index in [9.17, 15) is 18.4 Å². The summed E-state index contributed by atoms with van der Waals surface area (Å²) in [5, 5.41) is 2.74. The van der Waals surface area contributed by atoms with E-state index >= 15 is 0 Å². The number of benzodiazepines with no additional fused rings is 1. The van der Waals surface area contributed by atoms with Gasteiger partial charge in [-0.15, -0.1) is 0 Å². The number of rotatable bonds is 5. The summed E-state index contributed by atoms with van der Waals surface area (Å²) in [6.07, 6.45) is -1.03. The normalized spacial score (nSPS) is 17.4. The van der Waals surface area contributed by atoms with Gasteiger partial charge in [0.25, 0.3) is 5.91 Å². The molecule has 0 aromatic heterocycles. The van der Waals surface area contributed by atoms with Crippen LogP contribution < -0.4 is 19.7 Å². The van der Waals surface area contributed by atoms with Crippen molar-refractivity contribution in [3.05, 3.63) is 89.0 Å². The molecule has 0 fully saturated rings. The fourth-order valence-electron chi connectivity index (χ4n) is 4.43. The zero-order valence-corrected chi connectivity index (χ0v) is 20.3. The number of fused-ring (bicyclic) bond motifs is 2. The van der Waals surface area contributed by atoms with Crippen molar-refractivity contribution in [3.63, 3.8) is 0 Å². The van der Waals surface area contributed by atoms with Crippen LogP contribution in [0.3, 0.4) is 0 Å². The van der Waals surface area contributed by atoms with Crippen molar-refractivity contribution in [2.45, 2.75) is 19.5 Å². The van der Waals surface area contributed by atoms with Gasteiger partial charge in [-0.2, -0.15) is 0 Å². The lowest BCUT2D eigenvalue weighted by Crippen LogP contribution is -2.47. The highest BCUT2D eigenvalue weighted by atomic mass is 19.2. The largest absolute Gasteiger partial charge is 0.486 e. The molecule has 7 nitrogen and oxygen atoms in total. The first kappa shape index (κ1) is 24.4. The molecule has 3 aromatic rings. The van der Waals surface area contributed by atoms with Crippen LogP contribution in [0.5, 0.6) is 11.5 Å². The van der Waals surface area contributed by atoms with E-state index in [-0.39, 0.29) is 6.42 Å². The molecule has 1 unspecified atom stereocenters. The molecule has 2 aliphatic heterocycles. The summed E-state index contributed by atoms with van der Waals surface area (Å²) >= 11 is 0.